The van der Waals surface area contributed by atoms with Crippen LogP contribution in [0.25, 0.3) is 0 Å². The lowest BCUT2D eigenvalue weighted by Gasteiger charge is -2.31. The van der Waals surface area contributed by atoms with Crippen LogP contribution in [0.1, 0.15) is 46.5 Å². The van der Waals surface area contributed by atoms with Gasteiger partial charge in [0, 0.05) is 0 Å². The van der Waals surface area contributed by atoms with Gasteiger partial charge in [0.1, 0.15) is 6.10 Å². The second-order valence-corrected chi connectivity index (χ2v) is 5.67. The zero-order chi connectivity index (χ0) is 13.3. The lowest BCUT2D eigenvalue weighted by atomic mass is 9.86. The zero-order valence-corrected chi connectivity index (χ0v) is 10.4. The van der Waals surface area contributed by atoms with Gasteiger partial charge in [-0.25, -0.2) is 0 Å². The largest absolute Gasteiger partial charge is 0.462 e. The molecule has 0 aromatic heterocycles. The van der Waals surface area contributed by atoms with Crippen molar-refractivity contribution in [2.75, 3.05) is 0 Å². The Kier molecular flexibility index (Phi) is 4.10. The van der Waals surface area contributed by atoms with Crippen molar-refractivity contribution in [1.82, 2.24) is 0 Å². The molecule has 1 aliphatic carbocycles. The van der Waals surface area contributed by atoms with E-state index in [2.05, 4.69) is 0 Å². The van der Waals surface area contributed by atoms with Crippen LogP contribution >= 0.6 is 0 Å². The predicted molar refractivity (Wildman–Crippen MR) is 57.3 cm³/mol. The smallest absolute Gasteiger partial charge is 0.391 e. The molecule has 1 rings (SSSR count). The summed E-state index contributed by atoms with van der Waals surface area (Å²) in [6.07, 6.45) is -3.71. The van der Waals surface area contributed by atoms with Gasteiger partial charge in [0.25, 0.3) is 0 Å². The lowest BCUT2D eigenvalue weighted by Crippen LogP contribution is -2.34. The topological polar surface area (TPSA) is 26.3 Å². The van der Waals surface area contributed by atoms with Gasteiger partial charge in [0.15, 0.2) is 0 Å². The van der Waals surface area contributed by atoms with E-state index in [1.165, 1.54) is 0 Å². The van der Waals surface area contributed by atoms with Gasteiger partial charge in [-0.05, 0) is 46.5 Å². The highest BCUT2D eigenvalue weighted by atomic mass is 19.4. The van der Waals surface area contributed by atoms with Gasteiger partial charge < -0.3 is 4.74 Å². The molecule has 0 spiro atoms. The molecule has 17 heavy (non-hydrogen) atoms. The number of rotatable bonds is 1. The minimum Gasteiger partial charge on any atom is -0.462 e. The molecule has 2 nitrogen and oxygen atoms in total. The Morgan fingerprint density at radius 2 is 1.53 bits per heavy atom. The number of halogens is 3. The van der Waals surface area contributed by atoms with Crippen LogP contribution in [-0.4, -0.2) is 18.2 Å². The van der Waals surface area contributed by atoms with Crippen LogP contribution in [0, 0.1) is 11.3 Å². The monoisotopic (exact) mass is 252 g/mol. The summed E-state index contributed by atoms with van der Waals surface area (Å²) in [4.78, 5) is 11.6. The molecular formula is C12H19F3O2. The maximum Gasteiger partial charge on any atom is 0.391 e. The van der Waals surface area contributed by atoms with Crippen molar-refractivity contribution in [2.24, 2.45) is 11.3 Å². The van der Waals surface area contributed by atoms with Crippen LogP contribution in [-0.2, 0) is 9.53 Å². The molecule has 1 fully saturated rings. The van der Waals surface area contributed by atoms with E-state index in [0.29, 0.717) is 12.8 Å². The molecule has 0 bridgehead atoms. The number of carbonyl (C=O) groups is 1. The summed E-state index contributed by atoms with van der Waals surface area (Å²) >= 11 is 0. The summed E-state index contributed by atoms with van der Waals surface area (Å²) in [5, 5.41) is 0. The van der Waals surface area contributed by atoms with E-state index in [9.17, 15) is 18.0 Å². The summed E-state index contributed by atoms with van der Waals surface area (Å²) in [5.74, 6) is -1.57. The minimum absolute atomic E-state index is 0.0611. The summed E-state index contributed by atoms with van der Waals surface area (Å²) in [6, 6.07) is 0. The number of hydrogen-bond donors (Lipinski definition) is 0. The van der Waals surface area contributed by atoms with Crippen LogP contribution in [0.5, 0.6) is 0 Å². The number of alkyl halides is 3. The van der Waals surface area contributed by atoms with Gasteiger partial charge in [-0.15, -0.1) is 0 Å². The highest BCUT2D eigenvalue weighted by molar-refractivity contribution is 5.75. The molecule has 0 amide bonds. The van der Waals surface area contributed by atoms with Crippen molar-refractivity contribution in [3.8, 4) is 0 Å². The summed E-state index contributed by atoms with van der Waals surface area (Å²) < 4.78 is 42.4. The molecule has 0 saturated heterocycles. The van der Waals surface area contributed by atoms with E-state index >= 15 is 0 Å². The van der Waals surface area contributed by atoms with Crippen LogP contribution in [0.15, 0.2) is 0 Å². The molecule has 1 aliphatic rings. The predicted octanol–water partition coefficient (Wildman–Crippen LogP) is 3.70. The van der Waals surface area contributed by atoms with Gasteiger partial charge >= 0.3 is 12.1 Å². The van der Waals surface area contributed by atoms with Crippen LogP contribution in [0.3, 0.4) is 0 Å². The Labute approximate surface area is 99.5 Å². The number of carbonyl (C=O) groups excluding carboxylic acids is 1. The van der Waals surface area contributed by atoms with E-state index in [0.717, 1.165) is 0 Å². The molecule has 0 radical (unpaired) electrons. The molecule has 0 atom stereocenters. The van der Waals surface area contributed by atoms with Gasteiger partial charge in [-0.3, -0.25) is 4.79 Å². The molecule has 1 saturated carbocycles. The second-order valence-electron chi connectivity index (χ2n) is 5.67. The summed E-state index contributed by atoms with van der Waals surface area (Å²) in [7, 11) is 0. The normalized spacial score (nSPS) is 26.7. The van der Waals surface area contributed by atoms with E-state index in [1.54, 1.807) is 20.8 Å². The maximum absolute atomic E-state index is 12.4. The van der Waals surface area contributed by atoms with Gasteiger partial charge in [0.2, 0.25) is 0 Å². The summed E-state index contributed by atoms with van der Waals surface area (Å²) in [6.45, 7) is 5.20. The zero-order valence-electron chi connectivity index (χ0n) is 10.4. The third kappa shape index (κ3) is 4.21. The number of esters is 1. The number of hydrogen-bond acceptors (Lipinski definition) is 2. The fourth-order valence-corrected chi connectivity index (χ4v) is 1.84. The third-order valence-electron chi connectivity index (χ3n) is 3.02. The number of ether oxygens (including phenoxy) is 1. The fraction of sp³-hybridized carbons (Fsp3) is 0.917. The van der Waals surface area contributed by atoms with Gasteiger partial charge in [0.05, 0.1) is 11.3 Å². The lowest BCUT2D eigenvalue weighted by molar-refractivity contribution is -0.190. The Morgan fingerprint density at radius 1 is 1.06 bits per heavy atom. The van der Waals surface area contributed by atoms with Crippen molar-refractivity contribution in [2.45, 2.75) is 58.7 Å². The third-order valence-corrected chi connectivity index (χ3v) is 3.02. The maximum atomic E-state index is 12.4. The Balaban J connectivity index is 2.41. The first kappa shape index (κ1) is 14.3. The molecule has 0 N–H and O–H groups in total. The molecule has 5 heteroatoms. The van der Waals surface area contributed by atoms with E-state index in [4.69, 9.17) is 4.74 Å². The standard InChI is InChI=1S/C12H19F3O2/c1-11(2,3)10(16)17-9-6-4-8(5-7-9)12(13,14)15/h8-9H,4-7H2,1-3H3/t8-,9-. The highest BCUT2D eigenvalue weighted by Crippen LogP contribution is 2.38. The van der Waals surface area contributed by atoms with Crippen molar-refractivity contribution < 1.29 is 22.7 Å². The SMILES string of the molecule is CC(C)(C)C(=O)O[C@H]1CC[C@H](C(F)(F)F)CC1. The average molecular weight is 252 g/mol. The van der Waals surface area contributed by atoms with E-state index in [-0.39, 0.29) is 24.9 Å². The van der Waals surface area contributed by atoms with Crippen molar-refractivity contribution in [3.63, 3.8) is 0 Å². The van der Waals surface area contributed by atoms with Crippen LogP contribution in [0.4, 0.5) is 13.2 Å². The first-order valence-corrected chi connectivity index (χ1v) is 5.88. The fourth-order valence-electron chi connectivity index (χ4n) is 1.84. The Morgan fingerprint density at radius 3 is 1.88 bits per heavy atom. The van der Waals surface area contributed by atoms with Crippen LogP contribution in [0.2, 0.25) is 0 Å². The van der Waals surface area contributed by atoms with Crippen molar-refractivity contribution >= 4 is 5.97 Å². The average Bonchev–Trinajstić information content (AvgIpc) is 2.15. The van der Waals surface area contributed by atoms with Gasteiger partial charge in [-0.2, -0.15) is 13.2 Å². The molecule has 0 aromatic carbocycles. The molecule has 0 unspecified atom stereocenters. The van der Waals surface area contributed by atoms with Crippen molar-refractivity contribution in [1.29, 1.82) is 0 Å². The second kappa shape index (κ2) is 4.86. The minimum atomic E-state index is -4.11. The molecule has 0 heterocycles. The Hall–Kier alpha value is -0.740. The van der Waals surface area contributed by atoms with E-state index in [1.807, 2.05) is 0 Å². The van der Waals surface area contributed by atoms with Crippen LogP contribution < -0.4 is 0 Å². The van der Waals surface area contributed by atoms with E-state index < -0.39 is 17.5 Å². The first-order chi connectivity index (χ1) is 7.60. The first-order valence-electron chi connectivity index (χ1n) is 5.88. The molecular weight excluding hydrogens is 233 g/mol. The molecule has 0 aliphatic heterocycles. The molecule has 0 aromatic rings. The molecule has 100 valence electrons. The highest BCUT2D eigenvalue weighted by Gasteiger charge is 2.42. The summed E-state index contributed by atoms with van der Waals surface area (Å²) in [5.41, 5.74) is -0.596. The Bertz CT molecular complexity index is 270. The quantitative estimate of drug-likeness (QED) is 0.665. The van der Waals surface area contributed by atoms with Gasteiger partial charge in [-0.1, -0.05) is 0 Å². The van der Waals surface area contributed by atoms with Crippen molar-refractivity contribution in [3.05, 3.63) is 0 Å².